The van der Waals surface area contributed by atoms with Crippen molar-refractivity contribution in [1.29, 1.82) is 0 Å². The molecule has 2 saturated carbocycles. The van der Waals surface area contributed by atoms with Crippen LogP contribution in [0.15, 0.2) is 107 Å². The van der Waals surface area contributed by atoms with Gasteiger partial charge in [-0.15, -0.1) is 0 Å². The van der Waals surface area contributed by atoms with Gasteiger partial charge in [0.15, 0.2) is 34.5 Å². The molecule has 2 N–H and O–H groups in total. The number of rotatable bonds is 17. The van der Waals surface area contributed by atoms with Crippen LogP contribution in [0.5, 0.6) is 46.0 Å². The number of aromatic nitrogens is 2. The average Bonchev–Trinajstić information content (AvgIpc) is 4.37. The van der Waals surface area contributed by atoms with Crippen LogP contribution in [0.25, 0.3) is 20.2 Å². The summed E-state index contributed by atoms with van der Waals surface area (Å²) in [5, 5.41) is 21.1. The molecule has 2 heterocycles. The lowest BCUT2D eigenvalue weighted by Crippen LogP contribution is -2.16. The lowest BCUT2D eigenvalue weighted by molar-refractivity contribution is -0.193. The van der Waals surface area contributed by atoms with E-state index in [1.54, 1.807) is 56.1 Å². The lowest BCUT2D eigenvalue weighted by atomic mass is 10.2. The summed E-state index contributed by atoms with van der Waals surface area (Å²) in [7, 11) is 4.85. The maximum atomic E-state index is 12.6. The molecule has 2 aliphatic carbocycles. The molecular formula is C58H67BrN2O16S2. The van der Waals surface area contributed by atoms with Crippen molar-refractivity contribution in [1.82, 2.24) is 7.91 Å². The number of unbranched alkanes of at least 4 members (excludes halogenated alkanes) is 2. The van der Waals surface area contributed by atoms with Gasteiger partial charge in [-0.3, -0.25) is 17.5 Å². The predicted octanol–water partition coefficient (Wildman–Crippen LogP) is 11.8. The zero-order valence-electron chi connectivity index (χ0n) is 44.9. The number of aromatic hydroxyl groups is 2. The third-order valence-electron chi connectivity index (χ3n) is 12.1. The summed E-state index contributed by atoms with van der Waals surface area (Å²) in [5.74, 6) is 4.93. The van der Waals surface area contributed by atoms with E-state index in [1.165, 1.54) is 49.9 Å². The van der Waals surface area contributed by atoms with E-state index in [4.69, 9.17) is 62.3 Å². The van der Waals surface area contributed by atoms with Gasteiger partial charge in [0.1, 0.15) is 11.5 Å². The maximum absolute atomic E-state index is 12.6. The first-order chi connectivity index (χ1) is 38.3. The van der Waals surface area contributed by atoms with Gasteiger partial charge in [0, 0.05) is 17.4 Å². The molecule has 79 heavy (non-hydrogen) atoms. The van der Waals surface area contributed by atoms with E-state index in [-0.39, 0.29) is 41.1 Å². The van der Waals surface area contributed by atoms with Crippen LogP contribution in [0.4, 0.5) is 0 Å². The van der Waals surface area contributed by atoms with Gasteiger partial charge < -0.3 is 38.6 Å². The highest BCUT2D eigenvalue weighted by Crippen LogP contribution is 2.35. The monoisotopic (exact) mass is 1190 g/mol. The molecule has 0 bridgehead atoms. The summed E-state index contributed by atoms with van der Waals surface area (Å²) in [6, 6.07) is 30.4. The molecule has 7 aromatic rings. The molecular weight excluding hydrogens is 1120 g/mol. The number of carbonyl (C=O) groups excluding carboxylic acids is 6. The molecule has 0 aliphatic heterocycles. The van der Waals surface area contributed by atoms with Crippen LogP contribution < -0.4 is 39.5 Å². The molecule has 2 aromatic heterocycles. The zero-order valence-corrected chi connectivity index (χ0v) is 48.1. The molecule has 18 nitrogen and oxygen atoms in total. The summed E-state index contributed by atoms with van der Waals surface area (Å²) in [6.45, 7) is 5.97. The second-order valence-corrected chi connectivity index (χ2v) is 20.4. The van der Waals surface area contributed by atoms with Crippen LogP contribution >= 0.6 is 39.0 Å². The minimum absolute atomic E-state index is 0.104. The van der Waals surface area contributed by atoms with Gasteiger partial charge in [-0.25, -0.2) is 0 Å². The average molecular weight is 1190 g/mol. The van der Waals surface area contributed by atoms with E-state index >= 15 is 0 Å². The van der Waals surface area contributed by atoms with Gasteiger partial charge in [0.25, 0.3) is 11.1 Å². The molecule has 21 heteroatoms. The Balaban J connectivity index is 0.000000280. The van der Waals surface area contributed by atoms with Crippen molar-refractivity contribution in [2.75, 3.05) is 46.5 Å². The number of phenols is 2. The Hall–Kier alpha value is -7.50. The lowest BCUT2D eigenvalue weighted by Gasteiger charge is -2.10. The van der Waals surface area contributed by atoms with Crippen LogP contribution in [0.2, 0.25) is 0 Å². The predicted molar refractivity (Wildman–Crippen MR) is 303 cm³/mol. The number of ether oxygens (including phenoxy) is 6. The Morgan fingerprint density at radius 1 is 0.519 bits per heavy atom. The highest BCUT2D eigenvalue weighted by molar-refractivity contribution is 9.09. The van der Waals surface area contributed by atoms with Crippen LogP contribution in [0.3, 0.4) is 0 Å². The first-order valence-corrected chi connectivity index (χ1v) is 28.0. The summed E-state index contributed by atoms with van der Waals surface area (Å²) < 4.78 is 38.5. The van der Waals surface area contributed by atoms with E-state index in [9.17, 15) is 14.7 Å². The Labute approximate surface area is 474 Å². The molecule has 5 aromatic carbocycles. The molecule has 9 rings (SSSR count). The Morgan fingerprint density at radius 2 is 0.949 bits per heavy atom. The Kier molecular flexibility index (Phi) is 31.1. The molecule has 0 saturated heterocycles. The molecule has 0 unspecified atom stereocenters. The van der Waals surface area contributed by atoms with Crippen LogP contribution in [0.1, 0.15) is 100 Å². The number of methoxy groups -OCH3 is 3. The fourth-order valence-electron chi connectivity index (χ4n) is 8.27. The number of nitrogens with zero attached hydrogens (tertiary/aromatic N) is 2. The smallest absolute Gasteiger partial charge is 0.373 e. The van der Waals surface area contributed by atoms with E-state index in [0.29, 0.717) is 31.0 Å². The van der Waals surface area contributed by atoms with Crippen molar-refractivity contribution >= 4 is 77.6 Å². The van der Waals surface area contributed by atoms with Crippen molar-refractivity contribution in [3.8, 4) is 46.0 Å². The van der Waals surface area contributed by atoms with Crippen molar-refractivity contribution in [3.63, 3.8) is 0 Å². The number of phenolic OH excluding ortho intramolecular Hbond substituents is 2. The maximum Gasteiger partial charge on any atom is 0.373 e. The number of halogens is 1. The van der Waals surface area contributed by atoms with E-state index in [2.05, 4.69) is 15.9 Å². The third kappa shape index (κ3) is 22.0. The topological polar surface area (TPSA) is 242 Å². The van der Waals surface area contributed by atoms with Crippen molar-refractivity contribution in [2.24, 2.45) is 0 Å². The van der Waals surface area contributed by atoms with Gasteiger partial charge in [-0.2, -0.15) is 28.8 Å². The summed E-state index contributed by atoms with van der Waals surface area (Å²) in [6.07, 6.45) is 14.1. The second-order valence-electron chi connectivity index (χ2n) is 17.5. The largest absolute Gasteiger partial charge is 0.508 e. The highest BCUT2D eigenvalue weighted by Gasteiger charge is 2.22. The summed E-state index contributed by atoms with van der Waals surface area (Å²) in [5.41, 5.74) is 2.51. The van der Waals surface area contributed by atoms with Gasteiger partial charge in [-0.05, 0) is 149 Å². The molecule has 0 radical (unpaired) electrons. The first-order valence-electron chi connectivity index (χ1n) is 25.3. The molecule has 2 aliphatic rings. The summed E-state index contributed by atoms with van der Waals surface area (Å²) >= 11 is 6.45. The van der Waals surface area contributed by atoms with E-state index < -0.39 is 0 Å². The number of para-hydroxylation sites is 2. The first kappa shape index (κ1) is 65.8. The summed E-state index contributed by atoms with van der Waals surface area (Å²) in [4.78, 5) is 73.5. The van der Waals surface area contributed by atoms with Crippen molar-refractivity contribution < 1.29 is 67.4 Å². The zero-order chi connectivity index (χ0) is 58.0. The number of fused-ring (bicyclic) bond motifs is 2. The van der Waals surface area contributed by atoms with E-state index in [1.807, 2.05) is 88.5 Å². The number of hydrogen-bond donors (Lipinski definition) is 2. The van der Waals surface area contributed by atoms with Crippen LogP contribution in [-0.4, -0.2) is 83.1 Å². The number of benzene rings is 5. The fraction of sp³-hybridized carbons (Fsp3) is 0.397. The number of alkyl halides is 1. The quantitative estimate of drug-likeness (QED) is 0.0636. The van der Waals surface area contributed by atoms with E-state index in [0.717, 1.165) is 118 Å². The molecule has 2 fully saturated rings. The standard InChI is InChI=1S/C23H27NO4S.C12H17BrO2.C12H13NO2S.C8H10O2.3CO2/c1-26-20-10-4-5-11-21(20)28-15-7-6-14-27-18-12-13-19-22(16-18)29-24(23(19)25)17-8-2-3-9-17;1-10-5-6-11(12(9-10)14-2)15-8-4-3-7-13;14-9-5-6-10-11(7-9)16-13(12(10)15)8-3-1-2-4-8;1-6-3-4-7(9)8(5-6)10-2;3*2-1-3/h4-5,10-13,16-17H,2-3,6-9,14-15H2,1H3;5-6,9H,3-4,7-8H2,1-2H3;5-8,14H,1-4H2;3-5,9H,1-2H3;;;. The van der Waals surface area contributed by atoms with Gasteiger partial charge in [0.2, 0.25) is 0 Å². The second kappa shape index (κ2) is 37.3. The van der Waals surface area contributed by atoms with Gasteiger partial charge >= 0.3 is 18.5 Å². The van der Waals surface area contributed by atoms with Gasteiger partial charge in [0.05, 0.1) is 61.3 Å². The minimum Gasteiger partial charge on any atom is -0.508 e. The fourth-order valence-corrected chi connectivity index (χ4v) is 11.0. The number of aryl methyl sites for hydroxylation is 2. The highest BCUT2D eigenvalue weighted by atomic mass is 79.9. The molecule has 0 amide bonds. The van der Waals surface area contributed by atoms with Crippen LogP contribution in [0, 0.1) is 13.8 Å². The van der Waals surface area contributed by atoms with Gasteiger partial charge in [-0.1, -0.05) is 88.9 Å². The molecule has 0 spiro atoms. The normalized spacial score (nSPS) is 12.2. The minimum atomic E-state index is 0.104. The number of hydrogen-bond acceptors (Lipinski definition) is 18. The SMILES string of the molecule is COc1cc(C)ccc1O.COc1cc(C)ccc1OCCCCBr.COc1ccccc1OCCCCOc1ccc2c(=O)n(C3CCCC3)sc2c1.O=C=O.O=C=O.O=C=O.O=c1c2ccc(O)cc2sn1C1CCCC1. The van der Waals surface area contributed by atoms with Crippen molar-refractivity contribution in [2.45, 2.75) is 103 Å². The Bertz CT molecular complexity index is 3110. The molecule has 424 valence electrons. The third-order valence-corrected chi connectivity index (χ3v) is 15.0. The molecule has 0 atom stereocenters. The van der Waals surface area contributed by atoms with Crippen LogP contribution in [-0.2, 0) is 28.8 Å². The van der Waals surface area contributed by atoms with Crippen molar-refractivity contribution in [3.05, 3.63) is 129 Å². The Morgan fingerprint density at radius 3 is 1.44 bits per heavy atom.